The van der Waals surface area contributed by atoms with Crippen LogP contribution in [0.3, 0.4) is 0 Å². The van der Waals surface area contributed by atoms with E-state index in [1.165, 1.54) is 4.90 Å². The number of imide groups is 1. The number of rotatable bonds is 5. The van der Waals surface area contributed by atoms with E-state index in [1.807, 2.05) is 18.2 Å². The van der Waals surface area contributed by atoms with Gasteiger partial charge in [0.2, 0.25) is 0 Å². The predicted molar refractivity (Wildman–Crippen MR) is 102 cm³/mol. The summed E-state index contributed by atoms with van der Waals surface area (Å²) in [5, 5.41) is 6.41. The first-order valence-corrected chi connectivity index (χ1v) is 9.86. The molecule has 3 fully saturated rings. The molecule has 2 N–H and O–H groups in total. The molecule has 7 nitrogen and oxygen atoms in total. The number of hydrogen-bond acceptors (Lipinski definition) is 5. The van der Waals surface area contributed by atoms with Gasteiger partial charge in [-0.25, -0.2) is 4.79 Å². The smallest absolute Gasteiger partial charge is 0.325 e. The number of hydrogen-bond donors (Lipinski definition) is 2. The molecule has 4 rings (SSSR count). The second kappa shape index (κ2) is 7.48. The highest BCUT2D eigenvalue weighted by Crippen LogP contribution is 2.35. The van der Waals surface area contributed by atoms with E-state index >= 15 is 0 Å². The molecule has 0 aromatic heterocycles. The van der Waals surface area contributed by atoms with Crippen LogP contribution < -0.4 is 15.4 Å². The standard InChI is InChI=1S/C20H28N4O3/c1-27-17-7-3-2-6-15(17)16-14-21-10-11-23(16)12-13-24-18(25)20(22-19(24)26)8-4-5-9-20/h2-3,6-7,16,21H,4-5,8-14H2,1H3,(H,22,26). The fourth-order valence-electron chi connectivity index (χ4n) is 4.69. The van der Waals surface area contributed by atoms with Gasteiger partial charge in [0.25, 0.3) is 5.91 Å². The number of methoxy groups -OCH3 is 1. The molecule has 1 aromatic carbocycles. The van der Waals surface area contributed by atoms with E-state index in [-0.39, 0.29) is 18.0 Å². The second-order valence-corrected chi connectivity index (χ2v) is 7.67. The molecule has 1 spiro atoms. The summed E-state index contributed by atoms with van der Waals surface area (Å²) in [6.45, 7) is 3.69. The Labute approximate surface area is 160 Å². The number of ether oxygens (including phenoxy) is 1. The van der Waals surface area contributed by atoms with Gasteiger partial charge in [-0.15, -0.1) is 0 Å². The Hall–Kier alpha value is -2.12. The third-order valence-electron chi connectivity index (χ3n) is 6.17. The minimum Gasteiger partial charge on any atom is -0.496 e. The quantitative estimate of drug-likeness (QED) is 0.767. The van der Waals surface area contributed by atoms with Crippen LogP contribution in [0.2, 0.25) is 0 Å². The molecule has 1 unspecified atom stereocenters. The third-order valence-corrected chi connectivity index (χ3v) is 6.17. The number of benzene rings is 1. The van der Waals surface area contributed by atoms with Gasteiger partial charge in [-0.05, 0) is 18.9 Å². The Morgan fingerprint density at radius 2 is 1.96 bits per heavy atom. The first-order valence-electron chi connectivity index (χ1n) is 9.86. The van der Waals surface area contributed by atoms with Gasteiger partial charge in [0.1, 0.15) is 11.3 Å². The van der Waals surface area contributed by atoms with Crippen LogP contribution in [0.4, 0.5) is 4.79 Å². The number of nitrogens with one attached hydrogen (secondary N) is 2. The van der Waals surface area contributed by atoms with Gasteiger partial charge in [0.15, 0.2) is 0 Å². The monoisotopic (exact) mass is 372 g/mol. The summed E-state index contributed by atoms with van der Waals surface area (Å²) in [5.41, 5.74) is 0.513. The van der Waals surface area contributed by atoms with Gasteiger partial charge < -0.3 is 15.4 Å². The Kier molecular flexibility index (Phi) is 5.06. The van der Waals surface area contributed by atoms with Gasteiger partial charge in [-0.1, -0.05) is 31.0 Å². The van der Waals surface area contributed by atoms with Gasteiger partial charge in [0.05, 0.1) is 13.2 Å². The molecular weight excluding hydrogens is 344 g/mol. The summed E-state index contributed by atoms with van der Waals surface area (Å²) < 4.78 is 5.54. The number of carbonyl (C=O) groups excluding carboxylic acids is 2. The highest BCUT2D eigenvalue weighted by molar-refractivity contribution is 6.07. The molecule has 1 saturated carbocycles. The first kappa shape index (κ1) is 18.3. The van der Waals surface area contributed by atoms with Crippen molar-refractivity contribution >= 4 is 11.9 Å². The van der Waals surface area contributed by atoms with Gasteiger partial charge in [-0.3, -0.25) is 14.6 Å². The van der Waals surface area contributed by atoms with E-state index in [4.69, 9.17) is 4.74 Å². The Balaban J connectivity index is 1.46. The molecule has 7 heteroatoms. The van der Waals surface area contributed by atoms with E-state index in [0.717, 1.165) is 56.6 Å². The maximum atomic E-state index is 12.9. The number of amides is 3. The summed E-state index contributed by atoms with van der Waals surface area (Å²) >= 11 is 0. The number of nitrogens with zero attached hydrogens (tertiary/aromatic N) is 2. The number of piperazine rings is 1. The van der Waals surface area contributed by atoms with Gasteiger partial charge >= 0.3 is 6.03 Å². The number of para-hydroxylation sites is 1. The molecule has 0 radical (unpaired) electrons. The third kappa shape index (κ3) is 3.30. The molecule has 2 saturated heterocycles. The van der Waals surface area contributed by atoms with Crippen molar-refractivity contribution in [3.63, 3.8) is 0 Å². The molecule has 3 aliphatic rings. The zero-order valence-electron chi connectivity index (χ0n) is 15.9. The van der Waals surface area contributed by atoms with Gasteiger partial charge in [0, 0.05) is 38.3 Å². The van der Waals surface area contributed by atoms with Crippen molar-refractivity contribution in [2.24, 2.45) is 0 Å². The summed E-state index contributed by atoms with van der Waals surface area (Å²) in [4.78, 5) is 29.0. The van der Waals surface area contributed by atoms with Crippen LogP contribution >= 0.6 is 0 Å². The summed E-state index contributed by atoms with van der Waals surface area (Å²) in [6.07, 6.45) is 3.55. The molecule has 1 aliphatic carbocycles. The molecule has 2 heterocycles. The highest BCUT2D eigenvalue weighted by Gasteiger charge is 2.52. The largest absolute Gasteiger partial charge is 0.496 e. The van der Waals surface area contributed by atoms with Crippen LogP contribution in [0.5, 0.6) is 5.75 Å². The first-order chi connectivity index (χ1) is 13.1. The molecule has 2 aliphatic heterocycles. The van der Waals surface area contributed by atoms with E-state index in [1.54, 1.807) is 7.11 Å². The molecule has 0 bridgehead atoms. The van der Waals surface area contributed by atoms with Crippen LogP contribution in [-0.4, -0.2) is 67.1 Å². The molecule has 1 atom stereocenters. The number of carbonyl (C=O) groups is 2. The molecule has 146 valence electrons. The summed E-state index contributed by atoms with van der Waals surface area (Å²) in [5.74, 6) is 0.838. The van der Waals surface area contributed by atoms with Crippen LogP contribution in [0.1, 0.15) is 37.3 Å². The normalized spacial score (nSPS) is 25.2. The molecular formula is C20H28N4O3. The molecule has 3 amide bonds. The van der Waals surface area contributed by atoms with Crippen molar-refractivity contribution < 1.29 is 14.3 Å². The zero-order valence-corrected chi connectivity index (χ0v) is 15.9. The van der Waals surface area contributed by atoms with Crippen molar-refractivity contribution in [3.05, 3.63) is 29.8 Å². The topological polar surface area (TPSA) is 73.9 Å². The Morgan fingerprint density at radius 1 is 1.19 bits per heavy atom. The lowest BCUT2D eigenvalue weighted by Crippen LogP contribution is -2.49. The van der Waals surface area contributed by atoms with E-state index < -0.39 is 5.54 Å². The fourth-order valence-corrected chi connectivity index (χ4v) is 4.69. The minimum absolute atomic E-state index is 0.0334. The van der Waals surface area contributed by atoms with Crippen molar-refractivity contribution in [1.29, 1.82) is 0 Å². The van der Waals surface area contributed by atoms with E-state index in [9.17, 15) is 9.59 Å². The predicted octanol–water partition coefficient (Wildman–Crippen LogP) is 1.51. The highest BCUT2D eigenvalue weighted by atomic mass is 16.5. The minimum atomic E-state index is -0.622. The lowest BCUT2D eigenvalue weighted by Gasteiger charge is -2.37. The van der Waals surface area contributed by atoms with Gasteiger partial charge in [-0.2, -0.15) is 0 Å². The Bertz CT molecular complexity index is 717. The van der Waals surface area contributed by atoms with Crippen molar-refractivity contribution in [3.8, 4) is 5.75 Å². The summed E-state index contributed by atoms with van der Waals surface area (Å²) in [6, 6.07) is 7.99. The average Bonchev–Trinajstić information content (AvgIpc) is 3.26. The van der Waals surface area contributed by atoms with Crippen LogP contribution in [-0.2, 0) is 4.79 Å². The number of urea groups is 1. The van der Waals surface area contributed by atoms with Crippen LogP contribution in [0.15, 0.2) is 24.3 Å². The van der Waals surface area contributed by atoms with Crippen molar-refractivity contribution in [1.82, 2.24) is 20.4 Å². The fraction of sp³-hybridized carbons (Fsp3) is 0.600. The van der Waals surface area contributed by atoms with Crippen molar-refractivity contribution in [2.45, 2.75) is 37.3 Å². The maximum Gasteiger partial charge on any atom is 0.325 e. The SMILES string of the molecule is COc1ccccc1C1CNCCN1CCN1C(=O)NC2(CCCC2)C1=O. The Morgan fingerprint density at radius 3 is 2.74 bits per heavy atom. The lowest BCUT2D eigenvalue weighted by molar-refractivity contribution is -0.131. The average molecular weight is 372 g/mol. The van der Waals surface area contributed by atoms with Crippen LogP contribution in [0, 0.1) is 0 Å². The van der Waals surface area contributed by atoms with E-state index in [0.29, 0.717) is 13.1 Å². The summed E-state index contributed by atoms with van der Waals surface area (Å²) in [7, 11) is 1.69. The van der Waals surface area contributed by atoms with Crippen molar-refractivity contribution in [2.75, 3.05) is 39.8 Å². The molecule has 27 heavy (non-hydrogen) atoms. The maximum absolute atomic E-state index is 12.9. The zero-order chi connectivity index (χ0) is 18.9. The lowest BCUT2D eigenvalue weighted by atomic mass is 9.98. The molecule has 1 aromatic rings. The van der Waals surface area contributed by atoms with E-state index in [2.05, 4.69) is 21.6 Å². The second-order valence-electron chi connectivity index (χ2n) is 7.67. The van der Waals surface area contributed by atoms with Crippen LogP contribution in [0.25, 0.3) is 0 Å².